The highest BCUT2D eigenvalue weighted by Gasteiger charge is 2.12. The van der Waals surface area contributed by atoms with E-state index in [0.717, 1.165) is 6.42 Å². The van der Waals surface area contributed by atoms with Crippen molar-refractivity contribution in [3.63, 3.8) is 0 Å². The summed E-state index contributed by atoms with van der Waals surface area (Å²) in [5.74, 6) is 0.456. The minimum Gasteiger partial charge on any atom is -0.410 e. The minimum absolute atomic E-state index is 0.0967. The van der Waals surface area contributed by atoms with Crippen LogP contribution in [0.2, 0.25) is 0 Å². The number of hydrogen-bond acceptors (Lipinski definition) is 4. The molecule has 112 valence electrons. The molecule has 0 saturated heterocycles. The number of carbonyl (C=O) groups is 1. The predicted molar refractivity (Wildman–Crippen MR) is 78.6 cm³/mol. The molecule has 1 aromatic rings. The first-order valence-corrected chi connectivity index (χ1v) is 8.04. The summed E-state index contributed by atoms with van der Waals surface area (Å²) in [7, 11) is -1.87. The normalized spacial score (nSPS) is 10.9. The van der Waals surface area contributed by atoms with Gasteiger partial charge in [0.15, 0.2) is 0 Å². The molecule has 0 aliphatic rings. The van der Waals surface area contributed by atoms with Gasteiger partial charge in [0.05, 0.1) is 11.4 Å². The lowest BCUT2D eigenvalue weighted by molar-refractivity contribution is 0.203. The maximum Gasteiger partial charge on any atom is 0.412 e. The first-order chi connectivity index (χ1) is 9.38. The molecule has 20 heavy (non-hydrogen) atoms. The van der Waals surface area contributed by atoms with Crippen molar-refractivity contribution in [2.75, 3.05) is 17.5 Å². The number of nitrogens with one attached hydrogen (secondary N) is 2. The van der Waals surface area contributed by atoms with Gasteiger partial charge in [0.1, 0.15) is 5.75 Å². The third kappa shape index (κ3) is 5.08. The first-order valence-electron chi connectivity index (χ1n) is 6.38. The van der Waals surface area contributed by atoms with Gasteiger partial charge in [0.25, 0.3) is 0 Å². The standard InChI is InChI=1S/C13H20N2O4S/c1-4-5-8-20(17,18)15-12-7-6-11(9-10(12)2)19-13(16)14-3/h6-7,9,15H,4-5,8H2,1-3H3,(H,14,16). The SMILES string of the molecule is CCCCS(=O)(=O)Nc1ccc(OC(=O)NC)cc1C. The predicted octanol–water partition coefficient (Wildman–Crippen LogP) is 2.26. The summed E-state index contributed by atoms with van der Waals surface area (Å²) in [5, 5.41) is 2.34. The van der Waals surface area contributed by atoms with E-state index in [0.29, 0.717) is 23.4 Å². The van der Waals surface area contributed by atoms with Crippen LogP contribution in [0, 0.1) is 6.92 Å². The van der Waals surface area contributed by atoms with Crippen molar-refractivity contribution >= 4 is 21.8 Å². The number of amides is 1. The number of sulfonamides is 1. The molecule has 0 unspecified atom stereocenters. The van der Waals surface area contributed by atoms with Gasteiger partial charge in [-0.15, -0.1) is 0 Å². The van der Waals surface area contributed by atoms with E-state index >= 15 is 0 Å². The molecule has 0 saturated carbocycles. The summed E-state index contributed by atoms with van der Waals surface area (Å²) in [6.07, 6.45) is 0.867. The van der Waals surface area contributed by atoms with E-state index < -0.39 is 16.1 Å². The lowest BCUT2D eigenvalue weighted by Gasteiger charge is -2.11. The molecule has 1 rings (SSSR count). The third-order valence-corrected chi connectivity index (χ3v) is 4.00. The van der Waals surface area contributed by atoms with Crippen LogP contribution < -0.4 is 14.8 Å². The molecule has 1 amide bonds. The molecule has 0 atom stereocenters. The summed E-state index contributed by atoms with van der Waals surface area (Å²) in [6.45, 7) is 3.68. The maximum absolute atomic E-state index is 11.8. The summed E-state index contributed by atoms with van der Waals surface area (Å²) in [4.78, 5) is 11.1. The van der Waals surface area contributed by atoms with Crippen LogP contribution in [0.4, 0.5) is 10.5 Å². The molecule has 0 fully saturated rings. The zero-order valence-electron chi connectivity index (χ0n) is 11.9. The number of benzene rings is 1. The van der Waals surface area contributed by atoms with Gasteiger partial charge in [-0.1, -0.05) is 13.3 Å². The van der Waals surface area contributed by atoms with Gasteiger partial charge >= 0.3 is 6.09 Å². The van der Waals surface area contributed by atoms with Crippen molar-refractivity contribution in [2.45, 2.75) is 26.7 Å². The van der Waals surface area contributed by atoms with Crippen LogP contribution in [0.5, 0.6) is 5.75 Å². The van der Waals surface area contributed by atoms with Crippen LogP contribution in [-0.2, 0) is 10.0 Å². The number of rotatable bonds is 6. The molecule has 6 nitrogen and oxygen atoms in total. The molecule has 0 spiro atoms. The lowest BCUT2D eigenvalue weighted by atomic mass is 10.2. The Labute approximate surface area is 119 Å². The zero-order chi connectivity index (χ0) is 15.2. The Balaban J connectivity index is 2.80. The molecule has 1 aromatic carbocycles. The molecule has 0 radical (unpaired) electrons. The molecule has 0 aliphatic carbocycles. The summed E-state index contributed by atoms with van der Waals surface area (Å²) < 4.78 is 31.1. The molecule has 7 heteroatoms. The third-order valence-electron chi connectivity index (χ3n) is 2.64. The second kappa shape index (κ2) is 7.14. The van der Waals surface area contributed by atoms with Crippen LogP contribution in [-0.4, -0.2) is 27.3 Å². The Hall–Kier alpha value is -1.76. The van der Waals surface area contributed by atoms with E-state index in [4.69, 9.17) is 4.74 Å². The highest BCUT2D eigenvalue weighted by atomic mass is 32.2. The van der Waals surface area contributed by atoms with Crippen molar-refractivity contribution in [1.82, 2.24) is 5.32 Å². The molecule has 2 N–H and O–H groups in total. The topological polar surface area (TPSA) is 84.5 Å². The summed E-state index contributed by atoms with van der Waals surface area (Å²) >= 11 is 0. The number of anilines is 1. The van der Waals surface area contributed by atoms with Crippen LogP contribution in [0.3, 0.4) is 0 Å². The van der Waals surface area contributed by atoms with Gasteiger partial charge in [-0.25, -0.2) is 13.2 Å². The number of aryl methyl sites for hydroxylation is 1. The minimum atomic E-state index is -3.33. The molecule has 0 aromatic heterocycles. The van der Waals surface area contributed by atoms with Gasteiger partial charge in [0.2, 0.25) is 10.0 Å². The molecule has 0 heterocycles. The Morgan fingerprint density at radius 1 is 1.35 bits per heavy atom. The Morgan fingerprint density at radius 2 is 2.05 bits per heavy atom. The zero-order valence-corrected chi connectivity index (χ0v) is 12.7. The van der Waals surface area contributed by atoms with E-state index in [1.54, 1.807) is 25.1 Å². The number of hydrogen-bond donors (Lipinski definition) is 2. The summed E-state index contributed by atoms with van der Waals surface area (Å²) in [6, 6.07) is 4.73. The van der Waals surface area contributed by atoms with Crippen molar-refractivity contribution in [3.05, 3.63) is 23.8 Å². The second-order valence-corrected chi connectivity index (χ2v) is 6.23. The van der Waals surface area contributed by atoms with Crippen molar-refractivity contribution < 1.29 is 17.9 Å². The summed E-state index contributed by atoms with van der Waals surface area (Å²) in [5.41, 5.74) is 1.18. The average molecular weight is 300 g/mol. The van der Waals surface area contributed by atoms with Crippen LogP contribution >= 0.6 is 0 Å². The van der Waals surface area contributed by atoms with Gasteiger partial charge in [-0.05, 0) is 37.1 Å². The molecule has 0 bridgehead atoms. The van der Waals surface area contributed by atoms with Crippen molar-refractivity contribution in [3.8, 4) is 5.75 Å². The van der Waals surface area contributed by atoms with Gasteiger partial charge in [-0.2, -0.15) is 0 Å². The quantitative estimate of drug-likeness (QED) is 0.844. The average Bonchev–Trinajstić information content (AvgIpc) is 2.39. The van der Waals surface area contributed by atoms with E-state index in [1.807, 2.05) is 6.92 Å². The van der Waals surface area contributed by atoms with E-state index in [-0.39, 0.29) is 5.75 Å². The van der Waals surface area contributed by atoms with Gasteiger partial charge < -0.3 is 10.1 Å². The van der Waals surface area contributed by atoms with Gasteiger partial charge in [-0.3, -0.25) is 4.72 Å². The van der Waals surface area contributed by atoms with E-state index in [9.17, 15) is 13.2 Å². The second-order valence-electron chi connectivity index (χ2n) is 4.39. The maximum atomic E-state index is 11.8. The molecular weight excluding hydrogens is 280 g/mol. The fraction of sp³-hybridized carbons (Fsp3) is 0.462. The lowest BCUT2D eigenvalue weighted by Crippen LogP contribution is -2.22. The Bertz CT molecular complexity index is 570. The number of ether oxygens (including phenoxy) is 1. The van der Waals surface area contributed by atoms with Crippen LogP contribution in [0.1, 0.15) is 25.3 Å². The number of unbranched alkanes of at least 4 members (excludes halogenated alkanes) is 1. The fourth-order valence-electron chi connectivity index (χ4n) is 1.53. The van der Waals surface area contributed by atoms with Crippen molar-refractivity contribution in [2.24, 2.45) is 0 Å². The van der Waals surface area contributed by atoms with E-state index in [1.165, 1.54) is 7.05 Å². The van der Waals surface area contributed by atoms with Crippen LogP contribution in [0.15, 0.2) is 18.2 Å². The van der Waals surface area contributed by atoms with Crippen molar-refractivity contribution in [1.29, 1.82) is 0 Å². The van der Waals surface area contributed by atoms with Gasteiger partial charge in [0, 0.05) is 7.05 Å². The smallest absolute Gasteiger partial charge is 0.410 e. The largest absolute Gasteiger partial charge is 0.412 e. The van der Waals surface area contributed by atoms with E-state index in [2.05, 4.69) is 10.0 Å². The van der Waals surface area contributed by atoms with Crippen LogP contribution in [0.25, 0.3) is 0 Å². The highest BCUT2D eigenvalue weighted by molar-refractivity contribution is 7.92. The number of carbonyl (C=O) groups excluding carboxylic acids is 1. The highest BCUT2D eigenvalue weighted by Crippen LogP contribution is 2.22. The Morgan fingerprint density at radius 3 is 2.60 bits per heavy atom. The monoisotopic (exact) mass is 300 g/mol. The molecule has 0 aliphatic heterocycles. The fourth-order valence-corrected chi connectivity index (χ4v) is 2.86. The first kappa shape index (κ1) is 16.3. The molecular formula is C13H20N2O4S. The Kier molecular flexibility index (Phi) is 5.82.